The van der Waals surface area contributed by atoms with E-state index in [0.717, 1.165) is 34.1 Å². The van der Waals surface area contributed by atoms with Crippen LogP contribution in [0.5, 0.6) is 0 Å². The van der Waals surface area contributed by atoms with Crippen LogP contribution in [0.3, 0.4) is 0 Å². The monoisotopic (exact) mass is 539 g/mol. The predicted molar refractivity (Wildman–Crippen MR) is 179 cm³/mol. The number of anilines is 8. The maximum absolute atomic E-state index is 2.43. The lowest BCUT2D eigenvalue weighted by Gasteiger charge is -2.41. The highest BCUT2D eigenvalue weighted by atomic mass is 15.3. The van der Waals surface area contributed by atoms with Crippen LogP contribution in [0.1, 0.15) is 0 Å². The molecule has 0 saturated heterocycles. The van der Waals surface area contributed by atoms with Gasteiger partial charge >= 0.3 is 0 Å². The second-order valence-corrected chi connectivity index (χ2v) is 10.8. The average Bonchev–Trinajstić information content (AvgIpc) is 3.05. The van der Waals surface area contributed by atoms with Crippen LogP contribution in [-0.2, 0) is 0 Å². The molecule has 0 aliphatic carbocycles. The number of para-hydroxylation sites is 3. The van der Waals surface area contributed by atoms with E-state index in [-0.39, 0.29) is 0 Å². The molecule has 0 unspecified atom stereocenters. The maximum Gasteiger partial charge on any atom is 0.0898 e. The average molecular weight is 540 g/mol. The lowest BCUT2D eigenvalue weighted by atomic mass is 10.00. The number of nitrogens with zero attached hydrogens (tertiary/aromatic N) is 3. The lowest BCUT2D eigenvalue weighted by molar-refractivity contribution is 1.12. The van der Waals surface area contributed by atoms with E-state index >= 15 is 0 Å². The normalized spacial score (nSPS) is 12.3. The highest BCUT2D eigenvalue weighted by Gasteiger charge is 2.32. The number of hydrogen-bond donors (Lipinski definition) is 0. The van der Waals surface area contributed by atoms with Gasteiger partial charge in [-0.05, 0) is 82.2 Å². The number of rotatable bonds is 4. The summed E-state index contributed by atoms with van der Waals surface area (Å²) in [5, 5.41) is 4.92. The Labute approximate surface area is 246 Å². The summed E-state index contributed by atoms with van der Waals surface area (Å²) in [6.07, 6.45) is 0. The molecule has 0 saturated carbocycles. The standard InChI is InChI=1S/C39H29N3/c1-40-37-26-30-15-10-11-16-31(30)27-38(37)42(34-24-23-28-13-8-9-14-29(28)25-34)36-22-12-21-35(39(36)40)41(32-17-4-2-5-18-32)33-19-6-3-7-20-33/h2-27H,1H3. The van der Waals surface area contributed by atoms with E-state index in [0.29, 0.717) is 0 Å². The lowest BCUT2D eigenvalue weighted by Crippen LogP contribution is -2.26. The molecule has 0 bridgehead atoms. The molecule has 1 aliphatic rings. The first-order chi connectivity index (χ1) is 20.8. The largest absolute Gasteiger partial charge is 0.339 e. The van der Waals surface area contributed by atoms with Gasteiger partial charge in [0.15, 0.2) is 0 Å². The molecule has 7 aromatic rings. The van der Waals surface area contributed by atoms with Crippen molar-refractivity contribution in [2.45, 2.75) is 0 Å². The van der Waals surface area contributed by atoms with Crippen LogP contribution in [0, 0.1) is 0 Å². The fraction of sp³-hybridized carbons (Fsp3) is 0.0256. The Kier molecular flexibility index (Phi) is 5.68. The highest BCUT2D eigenvalue weighted by molar-refractivity contribution is 6.08. The molecule has 3 heteroatoms. The zero-order chi connectivity index (χ0) is 28.0. The molecule has 1 heterocycles. The summed E-state index contributed by atoms with van der Waals surface area (Å²) < 4.78 is 0. The number of hydrogen-bond acceptors (Lipinski definition) is 3. The van der Waals surface area contributed by atoms with Crippen molar-refractivity contribution in [2.24, 2.45) is 0 Å². The Morgan fingerprint density at radius 3 is 1.62 bits per heavy atom. The summed E-state index contributed by atoms with van der Waals surface area (Å²) in [6, 6.07) is 56.6. The van der Waals surface area contributed by atoms with Crippen LogP contribution < -0.4 is 14.7 Å². The van der Waals surface area contributed by atoms with E-state index in [1.807, 2.05) is 0 Å². The van der Waals surface area contributed by atoms with Crippen LogP contribution in [0.15, 0.2) is 158 Å². The van der Waals surface area contributed by atoms with Gasteiger partial charge in [-0.25, -0.2) is 0 Å². The third-order valence-electron chi connectivity index (χ3n) is 8.28. The molecule has 3 nitrogen and oxygen atoms in total. The second kappa shape index (κ2) is 9.83. The fourth-order valence-corrected chi connectivity index (χ4v) is 6.31. The quantitative estimate of drug-likeness (QED) is 0.220. The minimum absolute atomic E-state index is 1.12. The first-order valence-electron chi connectivity index (χ1n) is 14.3. The van der Waals surface area contributed by atoms with Crippen molar-refractivity contribution >= 4 is 67.0 Å². The van der Waals surface area contributed by atoms with Gasteiger partial charge in [0.2, 0.25) is 0 Å². The predicted octanol–water partition coefficient (Wildman–Crippen LogP) is 11.0. The molecular weight excluding hydrogens is 510 g/mol. The van der Waals surface area contributed by atoms with Gasteiger partial charge < -0.3 is 14.7 Å². The molecule has 0 N–H and O–H groups in total. The Balaban J connectivity index is 1.42. The van der Waals surface area contributed by atoms with Crippen molar-refractivity contribution in [2.75, 3.05) is 21.7 Å². The minimum atomic E-state index is 1.12. The first-order valence-corrected chi connectivity index (χ1v) is 14.3. The summed E-state index contributed by atoms with van der Waals surface area (Å²) >= 11 is 0. The molecule has 0 aromatic heterocycles. The van der Waals surface area contributed by atoms with Gasteiger partial charge in [-0.1, -0.05) is 97.1 Å². The van der Waals surface area contributed by atoms with E-state index in [4.69, 9.17) is 0 Å². The Morgan fingerprint density at radius 2 is 0.976 bits per heavy atom. The van der Waals surface area contributed by atoms with Crippen LogP contribution in [0.4, 0.5) is 45.5 Å². The molecule has 0 fully saturated rings. The van der Waals surface area contributed by atoms with Crippen LogP contribution in [0.25, 0.3) is 21.5 Å². The van der Waals surface area contributed by atoms with E-state index in [9.17, 15) is 0 Å². The third kappa shape index (κ3) is 3.90. The van der Waals surface area contributed by atoms with Gasteiger partial charge in [0.05, 0.1) is 28.4 Å². The van der Waals surface area contributed by atoms with Gasteiger partial charge in [0.25, 0.3) is 0 Å². The summed E-state index contributed by atoms with van der Waals surface area (Å²) in [5.41, 5.74) is 9.13. The summed E-state index contributed by atoms with van der Waals surface area (Å²) in [7, 11) is 2.20. The van der Waals surface area contributed by atoms with Crippen molar-refractivity contribution in [1.82, 2.24) is 0 Å². The molecular formula is C39H29N3. The smallest absolute Gasteiger partial charge is 0.0898 e. The SMILES string of the molecule is CN1c2cc3ccccc3cc2N(c2ccc3ccccc3c2)c2cccc(N(c3ccccc3)c3ccccc3)c21. The highest BCUT2D eigenvalue weighted by Crippen LogP contribution is 2.56. The maximum atomic E-state index is 2.43. The van der Waals surface area contributed by atoms with Gasteiger partial charge in [0, 0.05) is 24.1 Å². The molecule has 0 atom stereocenters. The summed E-state index contributed by atoms with van der Waals surface area (Å²) in [6.45, 7) is 0. The van der Waals surface area contributed by atoms with Crippen LogP contribution >= 0.6 is 0 Å². The van der Waals surface area contributed by atoms with E-state index in [1.54, 1.807) is 0 Å². The van der Waals surface area contributed by atoms with Crippen molar-refractivity contribution in [3.8, 4) is 0 Å². The molecule has 0 spiro atoms. The zero-order valence-corrected chi connectivity index (χ0v) is 23.4. The molecule has 0 radical (unpaired) electrons. The van der Waals surface area contributed by atoms with Gasteiger partial charge in [0.1, 0.15) is 0 Å². The van der Waals surface area contributed by atoms with Gasteiger partial charge in [-0.2, -0.15) is 0 Å². The van der Waals surface area contributed by atoms with Crippen molar-refractivity contribution in [3.05, 3.63) is 158 Å². The van der Waals surface area contributed by atoms with Gasteiger partial charge in [-0.15, -0.1) is 0 Å². The summed E-state index contributed by atoms with van der Waals surface area (Å²) in [5.74, 6) is 0. The fourth-order valence-electron chi connectivity index (χ4n) is 6.31. The molecule has 8 rings (SSSR count). The third-order valence-corrected chi connectivity index (χ3v) is 8.28. The van der Waals surface area contributed by atoms with E-state index < -0.39 is 0 Å². The summed E-state index contributed by atoms with van der Waals surface area (Å²) in [4.78, 5) is 7.16. The van der Waals surface area contributed by atoms with Gasteiger partial charge in [-0.3, -0.25) is 0 Å². The Morgan fingerprint density at radius 1 is 0.429 bits per heavy atom. The van der Waals surface area contributed by atoms with Crippen LogP contribution in [0.2, 0.25) is 0 Å². The van der Waals surface area contributed by atoms with Crippen molar-refractivity contribution < 1.29 is 0 Å². The molecule has 0 amide bonds. The number of fused-ring (bicyclic) bond motifs is 4. The minimum Gasteiger partial charge on any atom is -0.339 e. The molecule has 1 aliphatic heterocycles. The van der Waals surface area contributed by atoms with Crippen molar-refractivity contribution in [3.63, 3.8) is 0 Å². The second-order valence-electron chi connectivity index (χ2n) is 10.8. The Hall–Kier alpha value is -5.54. The first kappa shape index (κ1) is 24.3. The molecule has 42 heavy (non-hydrogen) atoms. The Bertz CT molecular complexity index is 2030. The van der Waals surface area contributed by atoms with Crippen LogP contribution in [-0.4, -0.2) is 7.05 Å². The van der Waals surface area contributed by atoms with E-state index in [1.165, 1.54) is 32.9 Å². The molecule has 200 valence electrons. The number of benzene rings is 7. The molecule has 7 aromatic carbocycles. The zero-order valence-electron chi connectivity index (χ0n) is 23.4. The topological polar surface area (TPSA) is 9.72 Å². The van der Waals surface area contributed by atoms with Crippen molar-refractivity contribution in [1.29, 1.82) is 0 Å². The van der Waals surface area contributed by atoms with E-state index in [2.05, 4.69) is 179 Å².